The molecule has 1 aliphatic rings. The molecule has 2 rings (SSSR count). The minimum atomic E-state index is -0.134. The van der Waals surface area contributed by atoms with Gasteiger partial charge in [0, 0.05) is 16.4 Å². The number of amides is 1. The smallest absolute Gasteiger partial charge is 0.253 e. The van der Waals surface area contributed by atoms with Crippen LogP contribution in [0.4, 0.5) is 0 Å². The standard InChI is InChI=1S/C14H16BrCl2NO/c15-8-9-3-1-2-4-13(9)18-14(19)11-7-10(16)5-6-12(11)17/h5-7,9,13H,1-4,8H2,(H,18,19). The molecule has 0 aromatic heterocycles. The van der Waals surface area contributed by atoms with Gasteiger partial charge in [-0.3, -0.25) is 4.79 Å². The summed E-state index contributed by atoms with van der Waals surface area (Å²) in [7, 11) is 0. The van der Waals surface area contributed by atoms with Gasteiger partial charge in [0.2, 0.25) is 0 Å². The molecule has 0 aliphatic heterocycles. The number of hydrogen-bond acceptors (Lipinski definition) is 1. The Morgan fingerprint density at radius 2 is 2.05 bits per heavy atom. The fourth-order valence-electron chi connectivity index (χ4n) is 2.50. The average Bonchev–Trinajstić information content (AvgIpc) is 2.42. The van der Waals surface area contributed by atoms with E-state index < -0.39 is 0 Å². The predicted molar refractivity (Wildman–Crippen MR) is 83.5 cm³/mol. The van der Waals surface area contributed by atoms with Crippen LogP contribution in [0.25, 0.3) is 0 Å². The highest BCUT2D eigenvalue weighted by Gasteiger charge is 2.26. The van der Waals surface area contributed by atoms with Crippen LogP contribution in [0, 0.1) is 5.92 Å². The van der Waals surface area contributed by atoms with Crippen LogP contribution in [0.3, 0.4) is 0 Å². The number of carbonyl (C=O) groups excluding carboxylic acids is 1. The fourth-order valence-corrected chi connectivity index (χ4v) is 3.65. The Kier molecular flexibility index (Phi) is 5.55. The van der Waals surface area contributed by atoms with Gasteiger partial charge < -0.3 is 5.32 Å². The molecule has 19 heavy (non-hydrogen) atoms. The third-order valence-corrected chi connectivity index (χ3v) is 4.99. The molecule has 104 valence electrons. The molecular weight excluding hydrogens is 349 g/mol. The summed E-state index contributed by atoms with van der Waals surface area (Å²) in [5, 5.41) is 4.97. The maximum Gasteiger partial charge on any atom is 0.253 e. The summed E-state index contributed by atoms with van der Waals surface area (Å²) in [6.07, 6.45) is 4.58. The lowest BCUT2D eigenvalue weighted by molar-refractivity contribution is 0.0912. The summed E-state index contributed by atoms with van der Waals surface area (Å²) in [6, 6.07) is 5.17. The van der Waals surface area contributed by atoms with Crippen molar-refractivity contribution in [1.29, 1.82) is 0 Å². The summed E-state index contributed by atoms with van der Waals surface area (Å²) < 4.78 is 0. The van der Waals surface area contributed by atoms with Crippen molar-refractivity contribution in [2.75, 3.05) is 5.33 Å². The van der Waals surface area contributed by atoms with E-state index in [4.69, 9.17) is 23.2 Å². The summed E-state index contributed by atoms with van der Waals surface area (Å²) >= 11 is 15.5. The van der Waals surface area contributed by atoms with Gasteiger partial charge in [0.15, 0.2) is 0 Å². The van der Waals surface area contributed by atoms with E-state index in [0.717, 1.165) is 24.6 Å². The molecule has 0 bridgehead atoms. The highest BCUT2D eigenvalue weighted by atomic mass is 79.9. The molecule has 5 heteroatoms. The monoisotopic (exact) mass is 363 g/mol. The quantitative estimate of drug-likeness (QED) is 0.775. The molecule has 2 atom stereocenters. The Hall–Kier alpha value is -0.250. The Morgan fingerprint density at radius 3 is 2.79 bits per heavy atom. The molecule has 0 heterocycles. The second-order valence-corrected chi connectivity index (χ2v) is 6.39. The van der Waals surface area contributed by atoms with Crippen molar-refractivity contribution in [1.82, 2.24) is 5.32 Å². The van der Waals surface area contributed by atoms with Gasteiger partial charge in [-0.15, -0.1) is 0 Å². The molecule has 2 unspecified atom stereocenters. The van der Waals surface area contributed by atoms with E-state index in [0.29, 0.717) is 21.5 Å². The first-order valence-corrected chi connectivity index (χ1v) is 8.31. The van der Waals surface area contributed by atoms with Gasteiger partial charge in [-0.25, -0.2) is 0 Å². The molecule has 1 amide bonds. The zero-order chi connectivity index (χ0) is 13.8. The van der Waals surface area contributed by atoms with Crippen LogP contribution in [0.5, 0.6) is 0 Å². The molecule has 1 aliphatic carbocycles. The van der Waals surface area contributed by atoms with Gasteiger partial charge in [0.25, 0.3) is 5.91 Å². The predicted octanol–water partition coefficient (Wildman–Crippen LogP) is 4.68. The van der Waals surface area contributed by atoms with Crippen LogP contribution >= 0.6 is 39.1 Å². The van der Waals surface area contributed by atoms with E-state index >= 15 is 0 Å². The molecular formula is C14H16BrCl2NO. The number of benzene rings is 1. The van der Waals surface area contributed by atoms with Crippen molar-refractivity contribution in [3.05, 3.63) is 33.8 Å². The minimum Gasteiger partial charge on any atom is -0.349 e. The first-order valence-electron chi connectivity index (χ1n) is 6.43. The molecule has 1 aromatic rings. The lowest BCUT2D eigenvalue weighted by Gasteiger charge is -2.31. The summed E-state index contributed by atoms with van der Waals surface area (Å²) in [6.45, 7) is 0. The molecule has 1 N–H and O–H groups in total. The minimum absolute atomic E-state index is 0.134. The van der Waals surface area contributed by atoms with E-state index in [9.17, 15) is 4.79 Å². The molecule has 0 saturated heterocycles. The van der Waals surface area contributed by atoms with E-state index in [1.54, 1.807) is 18.2 Å². The highest BCUT2D eigenvalue weighted by molar-refractivity contribution is 9.09. The van der Waals surface area contributed by atoms with Gasteiger partial charge in [0.1, 0.15) is 0 Å². The molecule has 0 spiro atoms. The number of alkyl halides is 1. The molecule has 1 fully saturated rings. The second kappa shape index (κ2) is 6.96. The van der Waals surface area contributed by atoms with Crippen LogP contribution < -0.4 is 5.32 Å². The lowest BCUT2D eigenvalue weighted by atomic mass is 9.86. The topological polar surface area (TPSA) is 29.1 Å². The maximum atomic E-state index is 12.3. The average molecular weight is 365 g/mol. The van der Waals surface area contributed by atoms with Crippen LogP contribution in [0.15, 0.2) is 18.2 Å². The van der Waals surface area contributed by atoms with Crippen molar-refractivity contribution in [3.63, 3.8) is 0 Å². The van der Waals surface area contributed by atoms with Crippen LogP contribution in [-0.2, 0) is 0 Å². The summed E-state index contributed by atoms with van der Waals surface area (Å²) in [4.78, 5) is 12.3. The SMILES string of the molecule is O=C(NC1CCCCC1CBr)c1cc(Cl)ccc1Cl. The van der Waals surface area contributed by atoms with Crippen LogP contribution in [-0.4, -0.2) is 17.3 Å². The molecule has 1 aromatic carbocycles. The summed E-state index contributed by atoms with van der Waals surface area (Å²) in [5.74, 6) is 0.362. The largest absolute Gasteiger partial charge is 0.349 e. The lowest BCUT2D eigenvalue weighted by Crippen LogP contribution is -2.42. The van der Waals surface area contributed by atoms with Gasteiger partial charge >= 0.3 is 0 Å². The normalized spacial score (nSPS) is 23.1. The van der Waals surface area contributed by atoms with E-state index in [-0.39, 0.29) is 11.9 Å². The third kappa shape index (κ3) is 3.87. The van der Waals surface area contributed by atoms with E-state index in [1.165, 1.54) is 6.42 Å². The van der Waals surface area contributed by atoms with Crippen molar-refractivity contribution in [2.24, 2.45) is 5.92 Å². The number of rotatable bonds is 3. The fraction of sp³-hybridized carbons (Fsp3) is 0.500. The maximum absolute atomic E-state index is 12.3. The number of halogens is 3. The molecule has 2 nitrogen and oxygen atoms in total. The van der Waals surface area contributed by atoms with Crippen LogP contribution in [0.1, 0.15) is 36.0 Å². The third-order valence-electron chi connectivity index (χ3n) is 3.60. The molecule has 0 radical (unpaired) electrons. The Morgan fingerprint density at radius 1 is 1.32 bits per heavy atom. The summed E-state index contributed by atoms with van der Waals surface area (Å²) in [5.41, 5.74) is 0.452. The zero-order valence-corrected chi connectivity index (χ0v) is 13.6. The Labute approximate surface area is 132 Å². The van der Waals surface area contributed by atoms with Gasteiger partial charge in [-0.1, -0.05) is 52.0 Å². The van der Waals surface area contributed by atoms with Crippen LogP contribution in [0.2, 0.25) is 10.0 Å². The van der Waals surface area contributed by atoms with Crippen molar-refractivity contribution in [3.8, 4) is 0 Å². The number of carbonyl (C=O) groups is 1. The number of hydrogen-bond donors (Lipinski definition) is 1. The zero-order valence-electron chi connectivity index (χ0n) is 10.5. The van der Waals surface area contributed by atoms with Crippen molar-refractivity contribution >= 4 is 45.0 Å². The van der Waals surface area contributed by atoms with E-state index in [1.807, 2.05) is 0 Å². The second-order valence-electron chi connectivity index (χ2n) is 4.90. The van der Waals surface area contributed by atoms with Gasteiger partial charge in [-0.05, 0) is 37.0 Å². The van der Waals surface area contributed by atoms with Crippen molar-refractivity contribution < 1.29 is 4.79 Å². The van der Waals surface area contributed by atoms with Gasteiger partial charge in [-0.2, -0.15) is 0 Å². The Balaban J connectivity index is 2.09. The number of nitrogens with one attached hydrogen (secondary N) is 1. The first-order chi connectivity index (χ1) is 9.11. The van der Waals surface area contributed by atoms with E-state index in [2.05, 4.69) is 21.2 Å². The Bertz CT molecular complexity index is 467. The van der Waals surface area contributed by atoms with Crippen molar-refractivity contribution in [2.45, 2.75) is 31.7 Å². The first kappa shape index (κ1) is 15.1. The highest BCUT2D eigenvalue weighted by Crippen LogP contribution is 2.27. The van der Waals surface area contributed by atoms with Gasteiger partial charge in [0.05, 0.1) is 10.6 Å². The molecule has 1 saturated carbocycles.